The Kier molecular flexibility index (Phi) is 6.26. The van der Waals surface area contributed by atoms with Crippen molar-refractivity contribution in [2.24, 2.45) is 4.99 Å². The fraction of sp³-hybridized carbons (Fsp3) is 0.412. The van der Waals surface area contributed by atoms with Crippen LogP contribution < -0.4 is 5.32 Å². The molecule has 0 unspecified atom stereocenters. The van der Waals surface area contributed by atoms with Gasteiger partial charge < -0.3 is 14.8 Å². The lowest BCUT2D eigenvalue weighted by Crippen LogP contribution is -2.45. The van der Waals surface area contributed by atoms with Gasteiger partial charge in [-0.05, 0) is 6.08 Å². The number of nitrogens with zero attached hydrogens (tertiary/aromatic N) is 3. The van der Waals surface area contributed by atoms with Crippen molar-refractivity contribution < 1.29 is 19.1 Å². The van der Waals surface area contributed by atoms with Crippen LogP contribution in [0.1, 0.15) is 5.01 Å². The topological polar surface area (TPSA) is 93.1 Å². The molecule has 1 saturated heterocycles. The number of aliphatic imine (C=N–C) groups is 1. The maximum atomic E-state index is 12.1. The number of nitrogens with one attached hydrogen (secondary N) is 1. The lowest BCUT2D eigenvalue weighted by molar-refractivity contribution is -0.136. The summed E-state index contributed by atoms with van der Waals surface area (Å²) in [6.07, 6.45) is 5.49. The van der Waals surface area contributed by atoms with Crippen molar-refractivity contribution in [2.75, 3.05) is 39.9 Å². The van der Waals surface area contributed by atoms with Crippen molar-refractivity contribution in [1.82, 2.24) is 15.2 Å². The van der Waals surface area contributed by atoms with Gasteiger partial charge in [0.1, 0.15) is 6.29 Å². The Morgan fingerprint density at radius 1 is 1.58 bits per heavy atom. The summed E-state index contributed by atoms with van der Waals surface area (Å²) in [5.74, 6) is 0.272. The number of aromatic nitrogens is 1. The third-order valence-corrected chi connectivity index (χ3v) is 4.84. The summed E-state index contributed by atoms with van der Waals surface area (Å²) >= 11 is 1.48. The molecule has 0 amide bonds. The van der Waals surface area contributed by atoms with Crippen LogP contribution in [0.15, 0.2) is 40.0 Å². The van der Waals surface area contributed by atoms with Crippen molar-refractivity contribution in [1.29, 1.82) is 0 Å². The second-order valence-electron chi connectivity index (χ2n) is 5.74. The first-order chi connectivity index (χ1) is 12.7. The number of allylic oxidation sites excluding steroid dienone is 1. The molecule has 1 fully saturated rings. The summed E-state index contributed by atoms with van der Waals surface area (Å²) < 4.78 is 10.5. The highest BCUT2D eigenvalue weighted by Gasteiger charge is 2.26. The minimum atomic E-state index is -0.389. The molecule has 1 aromatic heterocycles. The zero-order valence-corrected chi connectivity index (χ0v) is 15.2. The van der Waals surface area contributed by atoms with E-state index in [2.05, 4.69) is 20.2 Å². The molecule has 1 atom stereocenters. The summed E-state index contributed by atoms with van der Waals surface area (Å²) in [5, 5.41) is 5.90. The molecule has 138 valence electrons. The summed E-state index contributed by atoms with van der Waals surface area (Å²) in [4.78, 5) is 33.5. The van der Waals surface area contributed by atoms with Crippen LogP contribution in [0.3, 0.4) is 0 Å². The van der Waals surface area contributed by atoms with Crippen LogP contribution in [0.5, 0.6) is 0 Å². The highest BCUT2D eigenvalue weighted by atomic mass is 32.1. The van der Waals surface area contributed by atoms with Gasteiger partial charge in [0, 0.05) is 36.9 Å². The SMILES string of the molecule is COC(=O)C1=C(CN2CCO[C@H](/C=C/C=O)C2)NC(c2nccs2)=NC1. The lowest BCUT2D eigenvalue weighted by Gasteiger charge is -2.33. The van der Waals surface area contributed by atoms with E-state index < -0.39 is 0 Å². The summed E-state index contributed by atoms with van der Waals surface area (Å²) in [5.41, 5.74) is 1.27. The van der Waals surface area contributed by atoms with E-state index in [1.165, 1.54) is 24.5 Å². The van der Waals surface area contributed by atoms with Crippen LogP contribution in [0.2, 0.25) is 0 Å². The van der Waals surface area contributed by atoms with Crippen LogP contribution in [-0.2, 0) is 19.1 Å². The van der Waals surface area contributed by atoms with Crippen LogP contribution in [-0.4, -0.2) is 74.0 Å². The lowest BCUT2D eigenvalue weighted by atomic mass is 10.1. The number of methoxy groups -OCH3 is 1. The number of hydrogen-bond acceptors (Lipinski definition) is 9. The van der Waals surface area contributed by atoms with E-state index in [0.717, 1.165) is 23.5 Å². The Balaban J connectivity index is 1.74. The molecule has 0 aromatic carbocycles. The number of rotatable bonds is 6. The molecule has 0 bridgehead atoms. The normalized spacial score (nSPS) is 21.4. The smallest absolute Gasteiger partial charge is 0.337 e. The minimum Gasteiger partial charge on any atom is -0.466 e. The van der Waals surface area contributed by atoms with Crippen LogP contribution in [0.4, 0.5) is 0 Å². The zero-order chi connectivity index (χ0) is 18.4. The predicted molar refractivity (Wildman–Crippen MR) is 97.1 cm³/mol. The second kappa shape index (κ2) is 8.84. The number of amidine groups is 1. The van der Waals surface area contributed by atoms with Crippen molar-refractivity contribution in [3.8, 4) is 0 Å². The molecule has 1 N–H and O–H groups in total. The Bertz CT molecular complexity index is 742. The van der Waals surface area contributed by atoms with E-state index in [0.29, 0.717) is 31.1 Å². The van der Waals surface area contributed by atoms with Crippen LogP contribution in [0.25, 0.3) is 0 Å². The number of hydrogen-bond donors (Lipinski definition) is 1. The summed E-state index contributed by atoms with van der Waals surface area (Å²) in [6.45, 7) is 2.71. The van der Waals surface area contributed by atoms with Gasteiger partial charge in [-0.2, -0.15) is 0 Å². The average Bonchev–Trinajstić information content (AvgIpc) is 3.21. The molecule has 1 aromatic rings. The number of carbonyl (C=O) groups excluding carboxylic acids is 2. The third kappa shape index (κ3) is 4.43. The predicted octanol–water partition coefficient (Wildman–Crippen LogP) is 0.376. The fourth-order valence-electron chi connectivity index (χ4n) is 2.80. The zero-order valence-electron chi connectivity index (χ0n) is 14.4. The third-order valence-electron chi connectivity index (χ3n) is 4.06. The summed E-state index contributed by atoms with van der Waals surface area (Å²) in [6, 6.07) is 0. The largest absolute Gasteiger partial charge is 0.466 e. The van der Waals surface area contributed by atoms with E-state index in [1.807, 2.05) is 5.38 Å². The molecule has 2 aliphatic heterocycles. The Labute approximate surface area is 155 Å². The first-order valence-corrected chi connectivity index (χ1v) is 9.07. The Morgan fingerprint density at radius 3 is 3.19 bits per heavy atom. The van der Waals surface area contributed by atoms with E-state index in [4.69, 9.17) is 9.47 Å². The van der Waals surface area contributed by atoms with Crippen molar-refractivity contribution >= 4 is 29.4 Å². The Hall–Kier alpha value is -2.36. The molecule has 0 spiro atoms. The van der Waals surface area contributed by atoms with Gasteiger partial charge in [0.05, 0.1) is 31.9 Å². The van der Waals surface area contributed by atoms with Crippen molar-refractivity contribution in [2.45, 2.75) is 6.10 Å². The number of thiazole rings is 1. The molecule has 3 rings (SSSR count). The van der Waals surface area contributed by atoms with Gasteiger partial charge in [-0.25, -0.2) is 9.78 Å². The molecule has 2 aliphatic rings. The second-order valence-corrected chi connectivity index (χ2v) is 6.64. The highest BCUT2D eigenvalue weighted by Crippen LogP contribution is 2.17. The minimum absolute atomic E-state index is 0.146. The standard InChI is InChI=1S/C17H20N4O4S/c1-24-17(23)13-9-19-15(16-18-4-8-26-16)20-14(13)11-21-5-7-25-12(10-21)3-2-6-22/h2-4,6,8,12H,5,7,9-11H2,1H3,(H,19,20)/b3-2+/t12-/m1/s1. The molecule has 0 aliphatic carbocycles. The van der Waals surface area contributed by atoms with E-state index >= 15 is 0 Å². The quantitative estimate of drug-likeness (QED) is 0.436. The van der Waals surface area contributed by atoms with Gasteiger partial charge in [-0.15, -0.1) is 11.3 Å². The maximum Gasteiger partial charge on any atom is 0.337 e. The summed E-state index contributed by atoms with van der Waals surface area (Å²) in [7, 11) is 1.36. The number of morpholine rings is 1. The number of aldehydes is 1. The molecular weight excluding hydrogens is 356 g/mol. The molecule has 9 heteroatoms. The number of ether oxygens (including phenoxy) is 2. The monoisotopic (exact) mass is 376 g/mol. The van der Waals surface area contributed by atoms with Crippen molar-refractivity contribution in [3.63, 3.8) is 0 Å². The molecule has 8 nitrogen and oxygen atoms in total. The van der Waals surface area contributed by atoms with Gasteiger partial charge in [-0.1, -0.05) is 6.08 Å². The number of esters is 1. The van der Waals surface area contributed by atoms with Gasteiger partial charge in [0.25, 0.3) is 0 Å². The van der Waals surface area contributed by atoms with E-state index in [-0.39, 0.29) is 18.6 Å². The van der Waals surface area contributed by atoms with Gasteiger partial charge in [0.15, 0.2) is 10.8 Å². The molecule has 3 heterocycles. The first-order valence-electron chi connectivity index (χ1n) is 8.19. The van der Waals surface area contributed by atoms with E-state index in [9.17, 15) is 9.59 Å². The maximum absolute atomic E-state index is 12.1. The fourth-order valence-corrected chi connectivity index (χ4v) is 3.40. The average molecular weight is 376 g/mol. The van der Waals surface area contributed by atoms with Gasteiger partial charge in [0.2, 0.25) is 0 Å². The van der Waals surface area contributed by atoms with Crippen LogP contribution in [0, 0.1) is 0 Å². The molecule has 0 saturated carbocycles. The highest BCUT2D eigenvalue weighted by molar-refractivity contribution is 7.11. The van der Waals surface area contributed by atoms with Crippen molar-refractivity contribution in [3.05, 3.63) is 40.0 Å². The molecule has 0 radical (unpaired) electrons. The molecular formula is C17H20N4O4S. The molecule has 26 heavy (non-hydrogen) atoms. The van der Waals surface area contributed by atoms with E-state index in [1.54, 1.807) is 12.3 Å². The number of carbonyl (C=O) groups is 2. The Morgan fingerprint density at radius 2 is 2.46 bits per heavy atom. The van der Waals surface area contributed by atoms with Gasteiger partial charge in [-0.3, -0.25) is 14.7 Å². The van der Waals surface area contributed by atoms with Gasteiger partial charge >= 0.3 is 5.97 Å². The van der Waals surface area contributed by atoms with Crippen LogP contribution >= 0.6 is 11.3 Å². The first kappa shape index (κ1) is 18.4.